The Labute approximate surface area is 102 Å². The fraction of sp³-hybridized carbons (Fsp3) is 0.500. The first-order valence-corrected chi connectivity index (χ1v) is 5.55. The van der Waals surface area contributed by atoms with Crippen LogP contribution in [0.25, 0.3) is 11.2 Å². The zero-order valence-corrected chi connectivity index (χ0v) is 9.72. The summed E-state index contributed by atoms with van der Waals surface area (Å²) in [6, 6.07) is 0. The van der Waals surface area contributed by atoms with E-state index in [9.17, 15) is 0 Å². The molecule has 3 N–H and O–H groups in total. The minimum Gasteiger partial charge on any atom is -0.391 e. The zero-order chi connectivity index (χ0) is 12.7. The predicted octanol–water partition coefficient (Wildman–Crippen LogP) is -0.339. The van der Waals surface area contributed by atoms with Gasteiger partial charge in [0.2, 0.25) is 0 Å². The molecule has 8 heteroatoms. The molecule has 0 amide bonds. The van der Waals surface area contributed by atoms with Gasteiger partial charge in [-0.15, -0.1) is 0 Å². The molecule has 2 aromatic rings. The third-order valence-electron chi connectivity index (χ3n) is 2.87. The minimum atomic E-state index is -0.623. The fourth-order valence-electron chi connectivity index (χ4n) is 2.04. The van der Waals surface area contributed by atoms with Crippen LogP contribution in [0, 0.1) is 0 Å². The Kier molecular flexibility index (Phi) is 2.62. The molecular formula is C10H13N5O3. The Hall–Kier alpha value is -1.77. The molecule has 2 aromatic heterocycles. The number of fused-ring (bicyclic) bond motifs is 1. The highest BCUT2D eigenvalue weighted by atomic mass is 16.7. The van der Waals surface area contributed by atoms with Crippen LogP contribution in [-0.2, 0) is 9.47 Å². The second-order valence-corrected chi connectivity index (χ2v) is 4.06. The standard InChI is InChI=1S/C10H13N5O3/c1-5-10(18-6(2-16)17-5)15-4-14-7-8(11)12-3-13-9(7)15/h3-6,10,16H,2H2,1H3,(H2,11,12,13)/t5-,6-,10-/m0/s1. The summed E-state index contributed by atoms with van der Waals surface area (Å²) in [6.45, 7) is 1.67. The van der Waals surface area contributed by atoms with E-state index in [0.717, 1.165) is 0 Å². The van der Waals surface area contributed by atoms with Gasteiger partial charge >= 0.3 is 0 Å². The van der Waals surface area contributed by atoms with Gasteiger partial charge in [0, 0.05) is 0 Å². The molecule has 0 aromatic carbocycles. The van der Waals surface area contributed by atoms with Gasteiger partial charge in [-0.2, -0.15) is 0 Å². The van der Waals surface area contributed by atoms with E-state index < -0.39 is 6.29 Å². The fourth-order valence-corrected chi connectivity index (χ4v) is 2.04. The summed E-state index contributed by atoms with van der Waals surface area (Å²) in [6.07, 6.45) is 1.73. The Bertz CT molecular complexity index is 572. The Morgan fingerprint density at radius 2 is 2.22 bits per heavy atom. The molecule has 1 fully saturated rings. The highest BCUT2D eigenvalue weighted by Gasteiger charge is 2.35. The Morgan fingerprint density at radius 3 is 2.94 bits per heavy atom. The van der Waals surface area contributed by atoms with Crippen LogP contribution in [0.15, 0.2) is 12.7 Å². The SMILES string of the molecule is C[C@@H]1O[C@H](CO)O[C@@H]1n1cnc2c(N)ncnc21. The quantitative estimate of drug-likeness (QED) is 0.751. The smallest absolute Gasteiger partial charge is 0.183 e. The summed E-state index contributed by atoms with van der Waals surface area (Å²) in [5.74, 6) is 0.323. The number of ether oxygens (including phenoxy) is 2. The van der Waals surface area contributed by atoms with Crippen molar-refractivity contribution in [2.75, 3.05) is 12.3 Å². The molecule has 96 valence electrons. The van der Waals surface area contributed by atoms with Crippen LogP contribution in [0.4, 0.5) is 5.82 Å². The first-order valence-electron chi connectivity index (χ1n) is 5.55. The van der Waals surface area contributed by atoms with Gasteiger partial charge in [0.15, 0.2) is 24.0 Å². The lowest BCUT2D eigenvalue weighted by molar-refractivity contribution is -0.101. The normalized spacial score (nSPS) is 28.0. The molecule has 18 heavy (non-hydrogen) atoms. The summed E-state index contributed by atoms with van der Waals surface area (Å²) in [5, 5.41) is 9.04. The molecular weight excluding hydrogens is 238 g/mol. The second-order valence-electron chi connectivity index (χ2n) is 4.06. The monoisotopic (exact) mass is 251 g/mol. The topological polar surface area (TPSA) is 108 Å². The van der Waals surface area contributed by atoms with E-state index in [0.29, 0.717) is 17.0 Å². The van der Waals surface area contributed by atoms with E-state index in [4.69, 9.17) is 20.3 Å². The average molecular weight is 251 g/mol. The summed E-state index contributed by atoms with van der Waals surface area (Å²) >= 11 is 0. The van der Waals surface area contributed by atoms with Crippen molar-refractivity contribution in [3.05, 3.63) is 12.7 Å². The maximum absolute atomic E-state index is 9.04. The van der Waals surface area contributed by atoms with Crippen LogP contribution < -0.4 is 5.73 Å². The van der Waals surface area contributed by atoms with Gasteiger partial charge in [-0.1, -0.05) is 0 Å². The maximum Gasteiger partial charge on any atom is 0.183 e. The van der Waals surface area contributed by atoms with E-state index in [-0.39, 0.29) is 18.9 Å². The van der Waals surface area contributed by atoms with Crippen LogP contribution >= 0.6 is 0 Å². The summed E-state index contributed by atoms with van der Waals surface area (Å²) in [4.78, 5) is 12.2. The molecule has 3 atom stereocenters. The van der Waals surface area contributed by atoms with Crippen LogP contribution in [0.5, 0.6) is 0 Å². The lowest BCUT2D eigenvalue weighted by Crippen LogP contribution is -2.17. The second kappa shape index (κ2) is 4.16. The lowest BCUT2D eigenvalue weighted by atomic mass is 10.3. The summed E-state index contributed by atoms with van der Waals surface area (Å²) < 4.78 is 12.7. The van der Waals surface area contributed by atoms with Gasteiger partial charge in [0.25, 0.3) is 0 Å². The molecule has 0 bridgehead atoms. The van der Waals surface area contributed by atoms with Gasteiger partial charge in [-0.25, -0.2) is 15.0 Å². The highest BCUT2D eigenvalue weighted by Crippen LogP contribution is 2.30. The molecule has 0 spiro atoms. The number of aromatic nitrogens is 4. The van der Waals surface area contributed by atoms with E-state index in [2.05, 4.69) is 15.0 Å². The van der Waals surface area contributed by atoms with Gasteiger partial charge in [0.1, 0.15) is 17.9 Å². The van der Waals surface area contributed by atoms with Gasteiger partial charge in [0.05, 0.1) is 12.9 Å². The zero-order valence-electron chi connectivity index (χ0n) is 9.72. The number of hydrogen-bond donors (Lipinski definition) is 2. The highest BCUT2D eigenvalue weighted by molar-refractivity contribution is 5.81. The largest absolute Gasteiger partial charge is 0.391 e. The number of nitrogens with zero attached hydrogens (tertiary/aromatic N) is 4. The molecule has 8 nitrogen and oxygen atoms in total. The van der Waals surface area contributed by atoms with Gasteiger partial charge in [-0.3, -0.25) is 4.57 Å². The third-order valence-corrected chi connectivity index (χ3v) is 2.87. The summed E-state index contributed by atoms with van der Waals surface area (Å²) in [5.41, 5.74) is 6.83. The first-order chi connectivity index (χ1) is 8.70. The molecule has 3 rings (SSSR count). The number of aliphatic hydroxyl groups excluding tert-OH is 1. The van der Waals surface area contributed by atoms with Crippen LogP contribution in [0.1, 0.15) is 13.2 Å². The van der Waals surface area contributed by atoms with Crippen molar-refractivity contribution in [1.29, 1.82) is 0 Å². The van der Waals surface area contributed by atoms with Crippen LogP contribution in [-0.4, -0.2) is 43.6 Å². The number of nitrogens with two attached hydrogens (primary N) is 1. The van der Waals surface area contributed by atoms with Crippen molar-refractivity contribution in [3.8, 4) is 0 Å². The third kappa shape index (κ3) is 1.62. The molecule has 1 saturated heterocycles. The molecule has 0 aliphatic carbocycles. The van der Waals surface area contributed by atoms with E-state index in [1.54, 1.807) is 10.9 Å². The number of aliphatic hydroxyl groups is 1. The number of rotatable bonds is 2. The van der Waals surface area contributed by atoms with Crippen molar-refractivity contribution in [3.63, 3.8) is 0 Å². The van der Waals surface area contributed by atoms with Crippen molar-refractivity contribution in [2.24, 2.45) is 0 Å². The summed E-state index contributed by atoms with van der Waals surface area (Å²) in [7, 11) is 0. The van der Waals surface area contributed by atoms with Gasteiger partial charge in [-0.05, 0) is 6.92 Å². The molecule has 3 heterocycles. The minimum absolute atomic E-state index is 0.190. The number of anilines is 1. The molecule has 1 aliphatic heterocycles. The molecule has 1 aliphatic rings. The van der Waals surface area contributed by atoms with E-state index >= 15 is 0 Å². The number of imidazole rings is 1. The molecule has 0 unspecified atom stereocenters. The van der Waals surface area contributed by atoms with Crippen molar-refractivity contribution in [1.82, 2.24) is 19.5 Å². The first kappa shape index (κ1) is 11.3. The Morgan fingerprint density at radius 1 is 1.39 bits per heavy atom. The lowest BCUT2D eigenvalue weighted by Gasteiger charge is -2.14. The average Bonchev–Trinajstić information content (AvgIpc) is 2.93. The number of hydrogen-bond acceptors (Lipinski definition) is 7. The van der Waals surface area contributed by atoms with Crippen molar-refractivity contribution in [2.45, 2.75) is 25.5 Å². The molecule has 0 saturated carbocycles. The Balaban J connectivity index is 2.02. The predicted molar refractivity (Wildman–Crippen MR) is 61.3 cm³/mol. The van der Waals surface area contributed by atoms with Crippen LogP contribution in [0.3, 0.4) is 0 Å². The number of nitrogen functional groups attached to an aromatic ring is 1. The van der Waals surface area contributed by atoms with Crippen LogP contribution in [0.2, 0.25) is 0 Å². The van der Waals surface area contributed by atoms with Gasteiger partial charge < -0.3 is 20.3 Å². The van der Waals surface area contributed by atoms with Crippen molar-refractivity contribution < 1.29 is 14.6 Å². The van der Waals surface area contributed by atoms with Crippen molar-refractivity contribution >= 4 is 17.0 Å². The van der Waals surface area contributed by atoms with E-state index in [1.807, 2.05) is 6.92 Å². The molecule has 0 radical (unpaired) electrons. The van der Waals surface area contributed by atoms with E-state index in [1.165, 1.54) is 6.33 Å². The maximum atomic E-state index is 9.04.